The fourth-order valence-electron chi connectivity index (χ4n) is 13.2. The minimum atomic E-state index is -5.45. The van der Waals surface area contributed by atoms with Crippen molar-refractivity contribution >= 4 is 158 Å². The Hall–Kier alpha value is -5.27. The second-order valence-corrected chi connectivity index (χ2v) is 50.3. The number of hydrogen-bond acceptors (Lipinski definition) is 27. The van der Waals surface area contributed by atoms with E-state index in [-0.39, 0.29) is 129 Å². The molecule has 856 valence electrons. The maximum atomic E-state index is 12.3. The minimum Gasteiger partial charge on any atom is -1.00 e. The van der Waals surface area contributed by atoms with Crippen molar-refractivity contribution in [2.24, 2.45) is 5.92 Å². The largest absolute Gasteiger partial charge is 2.00 e. The van der Waals surface area contributed by atoms with Gasteiger partial charge in [0.25, 0.3) is 5.91 Å². The molecule has 34 nitrogen and oxygen atoms in total. The van der Waals surface area contributed by atoms with Crippen molar-refractivity contribution < 1.29 is 223 Å². The Labute approximate surface area is 978 Å². The van der Waals surface area contributed by atoms with Crippen molar-refractivity contribution in [1.82, 2.24) is 31.6 Å². The molecule has 0 bridgehead atoms. The molecule has 7 N–H and O–H groups in total. The summed E-state index contributed by atoms with van der Waals surface area (Å²) in [6, 6.07) is -3.50. The molecule has 3 fully saturated rings. The van der Waals surface area contributed by atoms with Crippen LogP contribution in [0.4, 0.5) is 45.9 Å². The van der Waals surface area contributed by atoms with E-state index in [1.54, 1.807) is 118 Å². The zero-order valence-electron chi connectivity index (χ0n) is 96.1. The van der Waals surface area contributed by atoms with Crippen LogP contribution >= 0.6 is 45.5 Å². The molecule has 150 heavy (non-hydrogen) atoms. The molecule has 0 spiro atoms. The molecular formula is C102H173BrCl2F5ILiMgN6NaO28SSi. The van der Waals surface area contributed by atoms with Gasteiger partial charge in [0.2, 0.25) is 0 Å². The van der Waals surface area contributed by atoms with Gasteiger partial charge in [0.1, 0.15) is 76.7 Å². The SMILES string of the molecule is C1CCOC1.C=C(C)C(=O)[C@H](CC1=CCCC1)NC(=O)OC(C)(C)C.C=[C-]C.CC(C)(C)OC(=O)N[C@@H](CC1=CCCC1)C(=O)O.COC(=O)[C@H](CC1=CCCC1)NC(=O)OC(C)(C)C.COC(=O)[C@H](CI)NC(=O)OC(C)(C)C.CON(C)C(=O)[C@H](CC1=CCCC1)NC(=O)OC(C)(C)C.C[C@@H](CC1=CCCC1)C(=O)[C@@]1(C)CO1.C[Si](C)(C)Cl.O=C1CCCC1.O=S(=O)(OC1=CCCC1)C(F)(F)F.[2H]CF.[2H]CF.[Br-].[Li+].[Mg+2].[Na+].[O-]Cl.[OH-]. The van der Waals surface area contributed by atoms with E-state index in [9.17, 15) is 87.9 Å². The smallest absolute Gasteiger partial charge is 1.00 e. The van der Waals surface area contributed by atoms with Crippen LogP contribution in [0.3, 0.4) is 0 Å². The van der Waals surface area contributed by atoms with E-state index in [2.05, 4.69) is 111 Å². The van der Waals surface area contributed by atoms with Crippen LogP contribution in [0.5, 0.6) is 0 Å². The minimum absolute atomic E-state index is 0. The molecule has 7 aliphatic carbocycles. The number of ether oxygens (including phenoxy) is 9. The second kappa shape index (κ2) is 87.7. The van der Waals surface area contributed by atoms with E-state index < -0.39 is 150 Å². The van der Waals surface area contributed by atoms with Crippen LogP contribution in [0.25, 0.3) is 0 Å². The molecule has 9 aliphatic rings. The number of alkyl halides is 6. The van der Waals surface area contributed by atoms with Gasteiger partial charge in [0.05, 0.1) is 51.0 Å². The maximum absolute atomic E-state index is 12.3. The Kier molecular flexibility index (Phi) is 93.5. The van der Waals surface area contributed by atoms with Gasteiger partial charge in [0.15, 0.2) is 11.6 Å². The first-order valence-electron chi connectivity index (χ1n) is 49.6. The van der Waals surface area contributed by atoms with Gasteiger partial charge >= 0.3 is 135 Å². The number of esters is 2. The molecule has 7 atom stereocenters. The van der Waals surface area contributed by atoms with E-state index in [0.717, 1.165) is 133 Å². The molecule has 0 radical (unpaired) electrons. The molecule has 2 aliphatic heterocycles. The Bertz CT molecular complexity index is 4290. The van der Waals surface area contributed by atoms with Crippen LogP contribution < -0.4 is 96.6 Å². The Morgan fingerprint density at radius 2 is 0.833 bits per heavy atom. The number of carboxylic acid groups (broad SMARTS) is 1. The average Bonchev–Trinajstić information content (AvgIpc) is 1.64. The van der Waals surface area contributed by atoms with Crippen molar-refractivity contribution in [3.63, 3.8) is 0 Å². The number of allylic oxidation sites excluding steroid dienone is 9. The van der Waals surface area contributed by atoms with Crippen LogP contribution in [0.1, 0.15) is 320 Å². The van der Waals surface area contributed by atoms with Crippen LogP contribution in [0, 0.1) is 12.0 Å². The molecule has 0 aromatic rings. The number of carbonyl (C=O) groups is 12. The quantitative estimate of drug-likeness (QED) is 0.00353. The number of nitrogens with one attached hydrogen (secondary N) is 5. The summed E-state index contributed by atoms with van der Waals surface area (Å²) in [7, 11) is -3.06. The third kappa shape index (κ3) is 89.8. The number of Topliss-reactive ketones (excluding diaryl/α,β-unsaturated/α-hetero) is 3. The Morgan fingerprint density at radius 1 is 0.560 bits per heavy atom. The number of ketones is 3. The van der Waals surface area contributed by atoms with Gasteiger partial charge < -0.3 is 112 Å². The number of aliphatic carboxylic acids is 1. The summed E-state index contributed by atoms with van der Waals surface area (Å²) in [4.78, 5) is 144. The van der Waals surface area contributed by atoms with E-state index in [0.29, 0.717) is 60.9 Å². The fourth-order valence-corrected chi connectivity index (χ4v) is 14.3. The van der Waals surface area contributed by atoms with E-state index >= 15 is 0 Å². The topological polar surface area (TPSA) is 480 Å². The standard InChI is InChI=1S/C16H25NO3.C15H26N2O4.C14H23NO4.C13H21NO4.C12H18O2.C9H16INO4.C6H7F3O3S.C5H8O.C4H8O.C3H9ClSi.C3H5.2CH3F.BrH.ClO.Li.Mg.Na.H2O/c1-11(2)14(18)13(10-12-8-6-7-9-12)17-15(19)20-16(3,4)5;1-15(2,3)21-14(19)16-12(13(18)17(4)20-5)10-11-8-6-7-9-11;1-14(2,3)19-13(17)15-11(12(16)18-4)9-10-7-5-6-8-10;1-13(2,3)18-12(17)14-10(11(15)16)8-9-6-4-5-7-9;1-9(7-10-5-3-4-6-10)11(13)12(2)8-14-12;1-9(2,3)15-8(13)11-6(5-10)7(12)14-4;7-6(8,9)13(10,11)12-5-3-1-2-4-5;6-5-3-1-2-4-5;1-2-4-5-3-1;1-5(2,3)4;1-3-2;2*1-2;;1-2;;;;/h8,13H,1,6-7,9-10H2,2-5H3,(H,17,19);8,12H,6-7,9-10H2,1-5H3,(H,16,19);7,11H,5-6,8-9H2,1-4H3,(H,15,17);6,10H,4-5,7-8H2,1-3H3,(H,14,17)(H,15,16);5,9H,3-4,6-8H2,1-2H3;6H,5H2,1-4H3,(H,11,13);3H,1-2,4H2;1-4H2;1-4H2;1-3H3;1H2,2H3;2*1H3;1H;;;;;1H2/q;;;;;;;;;;-1;;;;-1;+1;+2;+1;/p-2/t13-;12-;11-;10-;9-,12+;6-;;;;;;;;;;;;;/m000000............./s1/i;;;;;;;;;;;2*1D;;;;;;. The van der Waals surface area contributed by atoms with Gasteiger partial charge in [-0.1, -0.05) is 114 Å². The van der Waals surface area contributed by atoms with Crippen molar-refractivity contribution in [3.05, 3.63) is 94.9 Å². The van der Waals surface area contributed by atoms with Crippen molar-refractivity contribution in [1.29, 1.82) is 0 Å². The van der Waals surface area contributed by atoms with E-state index in [4.69, 9.17) is 66.3 Å². The summed E-state index contributed by atoms with van der Waals surface area (Å²) in [5.74, 6) is -1.63. The zero-order chi connectivity index (χ0) is 115. The second-order valence-electron chi connectivity index (χ2n) is 40.3. The predicted octanol–water partition coefficient (Wildman–Crippen LogP) is 12.9. The number of carbonyl (C=O) groups excluding carboxylic acids is 11. The summed E-state index contributed by atoms with van der Waals surface area (Å²) >= 11 is 11.0. The normalized spacial score (nSPS) is 17.0. The molecule has 2 heterocycles. The maximum Gasteiger partial charge on any atom is 2.00 e. The Morgan fingerprint density at radius 3 is 1.07 bits per heavy atom. The zero-order valence-corrected chi connectivity index (χ0v) is 105. The Balaban J connectivity index is -0.000000185. The number of amides is 6. The summed E-state index contributed by atoms with van der Waals surface area (Å²) in [6.45, 7) is 49.7. The van der Waals surface area contributed by atoms with Gasteiger partial charge in [-0.3, -0.25) is 39.4 Å². The first-order valence-corrected chi connectivity index (χ1v) is 55.9. The number of hydrogen-bond donors (Lipinski definition) is 6. The molecule has 2 saturated heterocycles. The summed E-state index contributed by atoms with van der Waals surface area (Å²) in [6.07, 6.45) is 38.3. The van der Waals surface area contributed by atoms with Gasteiger partial charge in [-0.25, -0.2) is 55.3 Å². The third-order valence-corrected chi connectivity index (χ3v) is 21.5. The summed E-state index contributed by atoms with van der Waals surface area (Å²) < 4.78 is 144. The van der Waals surface area contributed by atoms with Crippen molar-refractivity contribution in [2.75, 3.05) is 66.9 Å². The average molecular weight is 2420 g/mol. The number of alkyl carbamates (subject to hydrolysis) is 5. The number of methoxy groups -OCH3 is 2. The molecule has 9 rings (SSSR count). The number of nitrogens with zero attached hydrogens (tertiary/aromatic N) is 1. The van der Waals surface area contributed by atoms with Crippen LogP contribution in [-0.4, -0.2) is 262 Å². The van der Waals surface area contributed by atoms with Gasteiger partial charge in [0, 0.05) is 49.9 Å². The molecule has 0 aromatic carbocycles. The molecule has 1 saturated carbocycles. The molecular weight excluding hydrogens is 2240 g/mol. The fraction of sp³-hybridized carbons (Fsp3) is 0.725. The van der Waals surface area contributed by atoms with Crippen LogP contribution in [0.15, 0.2) is 88.8 Å². The molecule has 0 unspecified atom stereocenters. The molecule has 6 amide bonds. The number of rotatable bonds is 27. The third-order valence-electron chi connectivity index (χ3n) is 19.6. The number of epoxide rings is 1. The molecule has 0 aromatic heterocycles. The monoisotopic (exact) mass is 2420 g/mol. The van der Waals surface area contributed by atoms with Crippen molar-refractivity contribution in [3.8, 4) is 0 Å². The predicted molar refractivity (Wildman–Crippen MR) is 570 cm³/mol. The first kappa shape index (κ1) is 160. The van der Waals surface area contributed by atoms with Crippen molar-refractivity contribution in [2.45, 2.75) is 407 Å². The number of halogens is 9. The summed E-state index contributed by atoms with van der Waals surface area (Å²) in [5, 5.41) is 22.9. The van der Waals surface area contributed by atoms with Crippen LogP contribution in [0.2, 0.25) is 19.6 Å². The van der Waals surface area contributed by atoms with Gasteiger partial charge in [-0.05, 0) is 296 Å². The number of likely N-dealkylation sites (N-methyl/N-ethyl adjacent to an activating group) is 1. The molecule has 48 heteroatoms. The summed E-state index contributed by atoms with van der Waals surface area (Å²) in [5.41, 5.74) is -2.12. The number of carboxylic acids is 1. The van der Waals surface area contributed by atoms with Gasteiger partial charge in [-0.2, -0.15) is 39.6 Å². The van der Waals surface area contributed by atoms with Gasteiger partial charge in [-0.15, -0.1) is 0 Å². The van der Waals surface area contributed by atoms with E-state index in [1.807, 2.05) is 42.5 Å². The number of hydroxylamine groups is 2. The first-order chi connectivity index (χ1) is 67.9. The van der Waals surface area contributed by atoms with Crippen LogP contribution in [-0.2, 0) is 95.3 Å². The van der Waals surface area contributed by atoms with E-state index in [1.165, 1.54) is 88.8 Å².